The predicted molar refractivity (Wildman–Crippen MR) is 53.5 cm³/mol. The molecule has 17 heavy (non-hydrogen) atoms. The third kappa shape index (κ3) is 2.72. The summed E-state index contributed by atoms with van der Waals surface area (Å²) in [5.41, 5.74) is -0.661. The predicted octanol–water partition coefficient (Wildman–Crippen LogP) is 3.35. The molecule has 1 aromatic heterocycles. The van der Waals surface area contributed by atoms with Gasteiger partial charge in [0.15, 0.2) is 0 Å². The van der Waals surface area contributed by atoms with Crippen molar-refractivity contribution in [3.8, 4) is 11.8 Å². The highest BCUT2D eigenvalue weighted by molar-refractivity contribution is 5.31. The Hall–Kier alpha value is -2.11. The molecule has 1 aromatic carbocycles. The molecule has 0 amide bonds. The summed E-state index contributed by atoms with van der Waals surface area (Å²) in [6, 6.07) is 4.70. The Morgan fingerprint density at radius 3 is 2.41 bits per heavy atom. The molecule has 3 nitrogen and oxygen atoms in total. The lowest BCUT2D eigenvalue weighted by molar-refractivity contribution is 0.146. The number of rotatable bonds is 3. The Morgan fingerprint density at radius 2 is 1.82 bits per heavy atom. The Morgan fingerprint density at radius 1 is 1.12 bits per heavy atom. The number of nitrogens with zero attached hydrogens (tertiary/aromatic N) is 2. The SMILES string of the molecule is Fc1cc(Oc2ncccn2)ccc1C(F)F. The van der Waals surface area contributed by atoms with E-state index in [-0.39, 0.29) is 11.8 Å². The fraction of sp³-hybridized carbons (Fsp3) is 0.0909. The van der Waals surface area contributed by atoms with Crippen LogP contribution in [0.15, 0.2) is 36.7 Å². The molecular weight excluding hydrogens is 233 g/mol. The second kappa shape index (κ2) is 4.82. The van der Waals surface area contributed by atoms with Crippen molar-refractivity contribution in [2.45, 2.75) is 6.43 Å². The van der Waals surface area contributed by atoms with Gasteiger partial charge in [-0.15, -0.1) is 0 Å². The maximum atomic E-state index is 13.2. The summed E-state index contributed by atoms with van der Waals surface area (Å²) in [4.78, 5) is 7.51. The summed E-state index contributed by atoms with van der Waals surface area (Å²) >= 11 is 0. The van der Waals surface area contributed by atoms with Crippen LogP contribution in [0.25, 0.3) is 0 Å². The number of halogens is 3. The molecule has 0 unspecified atom stereocenters. The van der Waals surface area contributed by atoms with E-state index in [2.05, 4.69) is 9.97 Å². The van der Waals surface area contributed by atoms with Crippen molar-refractivity contribution >= 4 is 0 Å². The van der Waals surface area contributed by atoms with Gasteiger partial charge in [0.2, 0.25) is 0 Å². The van der Waals surface area contributed by atoms with Crippen LogP contribution in [0.3, 0.4) is 0 Å². The van der Waals surface area contributed by atoms with Gasteiger partial charge in [-0.25, -0.2) is 23.1 Å². The van der Waals surface area contributed by atoms with Crippen LogP contribution < -0.4 is 4.74 Å². The zero-order valence-corrected chi connectivity index (χ0v) is 8.48. The van der Waals surface area contributed by atoms with Gasteiger partial charge in [0.05, 0.1) is 5.56 Å². The standard InChI is InChI=1S/C11H7F3N2O/c12-9-6-7(2-3-8(9)10(13)14)17-11-15-4-1-5-16-11/h1-6,10H. The van der Waals surface area contributed by atoms with E-state index in [9.17, 15) is 13.2 Å². The third-order valence-corrected chi connectivity index (χ3v) is 1.96. The van der Waals surface area contributed by atoms with Crippen molar-refractivity contribution in [3.05, 3.63) is 48.0 Å². The Balaban J connectivity index is 2.21. The molecule has 0 N–H and O–H groups in total. The minimum atomic E-state index is -2.85. The number of ether oxygens (including phenoxy) is 1. The van der Waals surface area contributed by atoms with E-state index in [0.717, 1.165) is 12.1 Å². The Bertz CT molecular complexity index is 505. The van der Waals surface area contributed by atoms with Gasteiger partial charge in [0.25, 0.3) is 6.43 Å². The Kier molecular flexibility index (Phi) is 3.22. The van der Waals surface area contributed by atoms with Crippen LogP contribution in [-0.4, -0.2) is 9.97 Å². The van der Waals surface area contributed by atoms with Gasteiger partial charge >= 0.3 is 6.01 Å². The zero-order valence-electron chi connectivity index (χ0n) is 8.48. The first kappa shape index (κ1) is 11.4. The molecule has 88 valence electrons. The van der Waals surface area contributed by atoms with Gasteiger partial charge in [0, 0.05) is 18.5 Å². The van der Waals surface area contributed by atoms with Gasteiger partial charge in [0.1, 0.15) is 11.6 Å². The molecule has 1 heterocycles. The number of hydrogen-bond acceptors (Lipinski definition) is 3. The van der Waals surface area contributed by atoms with Gasteiger partial charge in [-0.1, -0.05) is 0 Å². The second-order valence-corrected chi connectivity index (χ2v) is 3.12. The lowest BCUT2D eigenvalue weighted by Crippen LogP contribution is -1.94. The van der Waals surface area contributed by atoms with Crippen molar-refractivity contribution in [2.75, 3.05) is 0 Å². The van der Waals surface area contributed by atoms with Crippen molar-refractivity contribution in [1.29, 1.82) is 0 Å². The Labute approximate surface area is 94.9 Å². The molecule has 0 saturated heterocycles. The molecule has 2 rings (SSSR count). The molecule has 0 saturated carbocycles. The normalized spacial score (nSPS) is 10.6. The molecule has 0 bridgehead atoms. The molecule has 0 aliphatic heterocycles. The quantitative estimate of drug-likeness (QED) is 0.825. The number of benzene rings is 1. The van der Waals surface area contributed by atoms with Crippen LogP contribution in [0.2, 0.25) is 0 Å². The first-order valence-corrected chi connectivity index (χ1v) is 4.69. The minimum absolute atomic E-state index is 0.0247. The average molecular weight is 240 g/mol. The highest BCUT2D eigenvalue weighted by Gasteiger charge is 2.14. The van der Waals surface area contributed by atoms with Crippen molar-refractivity contribution < 1.29 is 17.9 Å². The average Bonchev–Trinajstić information content (AvgIpc) is 2.30. The van der Waals surface area contributed by atoms with Crippen LogP contribution in [0.4, 0.5) is 13.2 Å². The first-order valence-electron chi connectivity index (χ1n) is 4.69. The molecular formula is C11H7F3N2O. The number of aromatic nitrogens is 2. The summed E-state index contributed by atoms with van der Waals surface area (Å²) in [5, 5.41) is 0. The van der Waals surface area contributed by atoms with Crippen molar-refractivity contribution in [3.63, 3.8) is 0 Å². The van der Waals surface area contributed by atoms with Crippen molar-refractivity contribution in [2.24, 2.45) is 0 Å². The summed E-state index contributed by atoms with van der Waals surface area (Å²) in [6.07, 6.45) is 0.0512. The maximum Gasteiger partial charge on any atom is 0.321 e. The highest BCUT2D eigenvalue weighted by Crippen LogP contribution is 2.26. The van der Waals surface area contributed by atoms with Gasteiger partial charge in [-0.2, -0.15) is 0 Å². The summed E-state index contributed by atoms with van der Waals surface area (Å²) in [7, 11) is 0. The van der Waals surface area contributed by atoms with Crippen LogP contribution >= 0.6 is 0 Å². The fourth-order valence-corrected chi connectivity index (χ4v) is 1.19. The van der Waals surface area contributed by atoms with Gasteiger partial charge in [-0.05, 0) is 18.2 Å². The van der Waals surface area contributed by atoms with E-state index in [1.165, 1.54) is 18.5 Å². The van der Waals surface area contributed by atoms with Gasteiger partial charge in [-0.3, -0.25) is 0 Å². The summed E-state index contributed by atoms with van der Waals surface area (Å²) in [5.74, 6) is -0.952. The van der Waals surface area contributed by atoms with E-state index >= 15 is 0 Å². The molecule has 0 radical (unpaired) electrons. The molecule has 0 aliphatic carbocycles. The summed E-state index contributed by atoms with van der Waals surface area (Å²) < 4.78 is 42.9. The number of alkyl halides is 2. The van der Waals surface area contributed by atoms with E-state index in [1.807, 2.05) is 0 Å². The smallest absolute Gasteiger partial charge is 0.321 e. The van der Waals surface area contributed by atoms with Crippen LogP contribution in [0, 0.1) is 5.82 Å². The van der Waals surface area contributed by atoms with Gasteiger partial charge < -0.3 is 4.74 Å². The minimum Gasteiger partial charge on any atom is -0.424 e. The number of hydrogen-bond donors (Lipinski definition) is 0. The van der Waals surface area contributed by atoms with E-state index < -0.39 is 17.8 Å². The topological polar surface area (TPSA) is 35.0 Å². The fourth-order valence-electron chi connectivity index (χ4n) is 1.19. The largest absolute Gasteiger partial charge is 0.424 e. The molecule has 0 fully saturated rings. The zero-order chi connectivity index (χ0) is 12.3. The lowest BCUT2D eigenvalue weighted by Gasteiger charge is -2.05. The first-order chi connectivity index (χ1) is 8.16. The van der Waals surface area contributed by atoms with E-state index in [1.54, 1.807) is 6.07 Å². The lowest BCUT2D eigenvalue weighted by atomic mass is 10.2. The molecule has 6 heteroatoms. The van der Waals surface area contributed by atoms with E-state index in [0.29, 0.717) is 0 Å². The van der Waals surface area contributed by atoms with Crippen LogP contribution in [0.1, 0.15) is 12.0 Å². The molecule has 0 atom stereocenters. The highest BCUT2D eigenvalue weighted by atomic mass is 19.3. The summed E-state index contributed by atoms with van der Waals surface area (Å²) in [6.45, 7) is 0. The van der Waals surface area contributed by atoms with Crippen LogP contribution in [-0.2, 0) is 0 Å². The molecule has 0 aliphatic rings. The second-order valence-electron chi connectivity index (χ2n) is 3.12. The van der Waals surface area contributed by atoms with Crippen molar-refractivity contribution in [1.82, 2.24) is 9.97 Å². The van der Waals surface area contributed by atoms with E-state index in [4.69, 9.17) is 4.74 Å². The van der Waals surface area contributed by atoms with Crippen LogP contribution in [0.5, 0.6) is 11.8 Å². The molecule has 0 spiro atoms. The molecule has 2 aromatic rings. The maximum absolute atomic E-state index is 13.2. The monoisotopic (exact) mass is 240 g/mol. The third-order valence-electron chi connectivity index (χ3n) is 1.96.